The van der Waals surface area contributed by atoms with E-state index in [2.05, 4.69) is 15.6 Å². The third-order valence-corrected chi connectivity index (χ3v) is 5.92. The Balaban J connectivity index is 1.70. The van der Waals surface area contributed by atoms with Crippen LogP contribution in [0, 0.1) is 12.7 Å². The number of rotatable bonds is 8. The molecule has 1 amide bonds. The highest BCUT2D eigenvalue weighted by molar-refractivity contribution is 7.89. The first-order valence-electron chi connectivity index (χ1n) is 9.28. The molecule has 0 aliphatic heterocycles. The van der Waals surface area contributed by atoms with Crippen molar-refractivity contribution in [2.75, 3.05) is 6.54 Å². The zero-order valence-corrected chi connectivity index (χ0v) is 17.1. The van der Waals surface area contributed by atoms with E-state index in [-0.39, 0.29) is 17.0 Å². The molecule has 3 N–H and O–H groups in total. The molecule has 0 aliphatic carbocycles. The van der Waals surface area contributed by atoms with E-state index in [4.69, 9.17) is 0 Å². The van der Waals surface area contributed by atoms with Crippen molar-refractivity contribution in [3.05, 3.63) is 101 Å². The van der Waals surface area contributed by atoms with Gasteiger partial charge in [0, 0.05) is 12.1 Å². The Morgan fingerprint density at radius 3 is 2.20 bits per heavy atom. The van der Waals surface area contributed by atoms with Crippen LogP contribution in [0.3, 0.4) is 0 Å². The van der Waals surface area contributed by atoms with Crippen LogP contribution >= 0.6 is 0 Å². The van der Waals surface area contributed by atoms with E-state index in [1.807, 2.05) is 37.3 Å². The van der Waals surface area contributed by atoms with E-state index in [0.717, 1.165) is 11.1 Å². The lowest BCUT2D eigenvalue weighted by molar-refractivity contribution is 0.0925. The van der Waals surface area contributed by atoms with E-state index in [0.29, 0.717) is 0 Å². The standard InChI is InChI=1S/C22H22FN3O3S/c1-16-7-13-20(14-8-16)30(28,29)24-15-21(17-5-3-2-4-6-17)25-26-22(27)18-9-11-19(23)12-10-18/h2-14,21,24-25H,15H2,1H3,(H,26,27). The highest BCUT2D eigenvalue weighted by Crippen LogP contribution is 2.14. The Morgan fingerprint density at radius 1 is 0.933 bits per heavy atom. The third-order valence-electron chi connectivity index (χ3n) is 4.48. The van der Waals surface area contributed by atoms with Crippen LogP contribution < -0.4 is 15.6 Å². The Hall–Kier alpha value is -3.07. The van der Waals surface area contributed by atoms with Crippen LogP contribution in [0.2, 0.25) is 0 Å². The highest BCUT2D eigenvalue weighted by atomic mass is 32.2. The van der Waals surface area contributed by atoms with Gasteiger partial charge in [-0.1, -0.05) is 48.0 Å². The second-order valence-electron chi connectivity index (χ2n) is 6.73. The van der Waals surface area contributed by atoms with E-state index >= 15 is 0 Å². The molecule has 0 aromatic heterocycles. The van der Waals surface area contributed by atoms with Crippen LogP contribution in [-0.2, 0) is 10.0 Å². The van der Waals surface area contributed by atoms with Crippen LogP contribution in [0.5, 0.6) is 0 Å². The lowest BCUT2D eigenvalue weighted by Gasteiger charge is -2.20. The highest BCUT2D eigenvalue weighted by Gasteiger charge is 2.19. The molecule has 8 heteroatoms. The van der Waals surface area contributed by atoms with Gasteiger partial charge in [-0.3, -0.25) is 10.2 Å². The smallest absolute Gasteiger partial charge is 0.265 e. The number of hydrazine groups is 1. The van der Waals surface area contributed by atoms with Crippen molar-refractivity contribution in [2.24, 2.45) is 0 Å². The van der Waals surface area contributed by atoms with Gasteiger partial charge in [0.05, 0.1) is 10.9 Å². The maximum absolute atomic E-state index is 13.0. The number of carbonyl (C=O) groups excluding carboxylic acids is 1. The summed E-state index contributed by atoms with van der Waals surface area (Å²) in [7, 11) is -3.72. The lowest BCUT2D eigenvalue weighted by Crippen LogP contribution is -2.44. The van der Waals surface area contributed by atoms with Crippen LogP contribution in [-0.4, -0.2) is 20.9 Å². The number of sulfonamides is 1. The zero-order valence-electron chi connectivity index (χ0n) is 16.3. The minimum atomic E-state index is -3.72. The lowest BCUT2D eigenvalue weighted by atomic mass is 10.1. The summed E-state index contributed by atoms with van der Waals surface area (Å²) >= 11 is 0. The topological polar surface area (TPSA) is 87.3 Å². The van der Waals surface area contributed by atoms with E-state index in [1.54, 1.807) is 24.3 Å². The number of hydrogen-bond acceptors (Lipinski definition) is 4. The number of halogens is 1. The van der Waals surface area contributed by atoms with Crippen LogP contribution in [0.25, 0.3) is 0 Å². The van der Waals surface area contributed by atoms with Crippen molar-refractivity contribution in [3.8, 4) is 0 Å². The molecular formula is C22H22FN3O3S. The summed E-state index contributed by atoms with van der Waals surface area (Å²) in [4.78, 5) is 12.5. The molecule has 0 aliphatic rings. The Kier molecular flexibility index (Phi) is 6.94. The quantitative estimate of drug-likeness (QED) is 0.482. The number of hydrogen-bond donors (Lipinski definition) is 3. The number of benzene rings is 3. The van der Waals surface area contributed by atoms with E-state index in [9.17, 15) is 17.6 Å². The molecule has 6 nitrogen and oxygen atoms in total. The summed E-state index contributed by atoms with van der Waals surface area (Å²) in [6.45, 7) is 1.88. The van der Waals surface area contributed by atoms with Gasteiger partial charge in [0.25, 0.3) is 5.91 Å². The van der Waals surface area contributed by atoms with Crippen molar-refractivity contribution in [3.63, 3.8) is 0 Å². The van der Waals surface area contributed by atoms with Crippen molar-refractivity contribution in [1.82, 2.24) is 15.6 Å². The summed E-state index contributed by atoms with van der Waals surface area (Å²) in [5.74, 6) is -0.899. The SMILES string of the molecule is Cc1ccc(S(=O)(=O)NCC(NNC(=O)c2ccc(F)cc2)c2ccccc2)cc1. The minimum absolute atomic E-state index is 0.00389. The molecule has 0 saturated heterocycles. The Labute approximate surface area is 175 Å². The fourth-order valence-corrected chi connectivity index (χ4v) is 3.80. The summed E-state index contributed by atoms with van der Waals surface area (Å²) in [6, 6.07) is 20.2. The van der Waals surface area contributed by atoms with Gasteiger partial charge in [-0.25, -0.2) is 23.0 Å². The van der Waals surface area contributed by atoms with Gasteiger partial charge in [0.2, 0.25) is 10.0 Å². The van der Waals surface area contributed by atoms with Crippen molar-refractivity contribution >= 4 is 15.9 Å². The van der Waals surface area contributed by atoms with Gasteiger partial charge < -0.3 is 0 Å². The second kappa shape index (κ2) is 9.62. The monoisotopic (exact) mass is 427 g/mol. The molecule has 1 unspecified atom stereocenters. The summed E-state index contributed by atoms with van der Waals surface area (Å²) in [6.07, 6.45) is 0. The van der Waals surface area contributed by atoms with Crippen LogP contribution in [0.1, 0.15) is 27.5 Å². The summed E-state index contributed by atoms with van der Waals surface area (Å²) in [5.41, 5.74) is 7.43. The van der Waals surface area contributed by atoms with Crippen molar-refractivity contribution < 1.29 is 17.6 Å². The molecule has 156 valence electrons. The normalized spacial score (nSPS) is 12.3. The van der Waals surface area contributed by atoms with Gasteiger partial charge >= 0.3 is 0 Å². The molecule has 0 radical (unpaired) electrons. The minimum Gasteiger partial charge on any atom is -0.287 e. The molecule has 0 bridgehead atoms. The maximum atomic E-state index is 13.0. The third kappa shape index (κ3) is 5.73. The second-order valence-corrected chi connectivity index (χ2v) is 8.50. The Bertz CT molecular complexity index is 1090. The average molecular weight is 428 g/mol. The molecular weight excluding hydrogens is 405 g/mol. The van der Waals surface area contributed by atoms with Crippen LogP contribution in [0.4, 0.5) is 4.39 Å². The van der Waals surface area contributed by atoms with Crippen molar-refractivity contribution in [1.29, 1.82) is 0 Å². The largest absolute Gasteiger partial charge is 0.287 e. The first-order chi connectivity index (χ1) is 14.3. The molecule has 3 rings (SSSR count). The first kappa shape index (κ1) is 21.6. The van der Waals surface area contributed by atoms with Gasteiger partial charge in [0.15, 0.2) is 0 Å². The summed E-state index contributed by atoms with van der Waals surface area (Å²) < 4.78 is 40.8. The van der Waals surface area contributed by atoms with Gasteiger partial charge in [0.1, 0.15) is 5.82 Å². The number of amides is 1. The van der Waals surface area contributed by atoms with Gasteiger partial charge in [-0.05, 0) is 48.9 Å². The van der Waals surface area contributed by atoms with E-state index in [1.165, 1.54) is 24.3 Å². The molecule has 0 saturated carbocycles. The maximum Gasteiger partial charge on any atom is 0.265 e. The zero-order chi connectivity index (χ0) is 21.6. The fourth-order valence-electron chi connectivity index (χ4n) is 2.76. The van der Waals surface area contributed by atoms with Crippen molar-refractivity contribution in [2.45, 2.75) is 17.9 Å². The van der Waals surface area contributed by atoms with Gasteiger partial charge in [-0.15, -0.1) is 0 Å². The molecule has 1 atom stereocenters. The Morgan fingerprint density at radius 2 is 1.57 bits per heavy atom. The molecule has 0 heterocycles. The number of nitrogens with one attached hydrogen (secondary N) is 3. The number of carbonyl (C=O) groups is 1. The number of aryl methyl sites for hydroxylation is 1. The fraction of sp³-hybridized carbons (Fsp3) is 0.136. The molecule has 3 aromatic rings. The molecule has 0 fully saturated rings. The van der Waals surface area contributed by atoms with Gasteiger partial charge in [-0.2, -0.15) is 0 Å². The average Bonchev–Trinajstić information content (AvgIpc) is 2.75. The molecule has 0 spiro atoms. The van der Waals surface area contributed by atoms with Crippen LogP contribution in [0.15, 0.2) is 83.8 Å². The predicted octanol–water partition coefficient (Wildman–Crippen LogP) is 3.09. The van der Waals surface area contributed by atoms with E-state index < -0.39 is 27.8 Å². The first-order valence-corrected chi connectivity index (χ1v) is 10.8. The summed E-state index contributed by atoms with van der Waals surface area (Å²) in [5, 5.41) is 0. The molecule has 3 aromatic carbocycles. The molecule has 30 heavy (non-hydrogen) atoms. The predicted molar refractivity (Wildman–Crippen MR) is 113 cm³/mol.